The highest BCUT2D eigenvalue weighted by Gasteiger charge is 2.26. The van der Waals surface area contributed by atoms with Gasteiger partial charge in [-0.1, -0.05) is 0 Å². The topological polar surface area (TPSA) is 188 Å². The first kappa shape index (κ1) is 25.7. The van der Waals surface area contributed by atoms with Crippen LogP contribution < -0.4 is 10.9 Å². The molecule has 0 aliphatic rings. The number of rotatable bonds is 6. The van der Waals surface area contributed by atoms with Crippen molar-refractivity contribution in [2.24, 2.45) is 10.2 Å². The van der Waals surface area contributed by atoms with Crippen LogP contribution in [0.1, 0.15) is 54.0 Å². The fraction of sp³-hybridized carbons (Fsp3) is 0.350. The molecule has 0 aliphatic heterocycles. The second-order valence-electron chi connectivity index (χ2n) is 8.08. The van der Waals surface area contributed by atoms with Gasteiger partial charge in [0, 0.05) is 17.6 Å². The maximum absolute atomic E-state index is 12.8. The Balaban J connectivity index is 2.72. The molecule has 0 aliphatic carbocycles. The van der Waals surface area contributed by atoms with Crippen LogP contribution in [0.2, 0.25) is 0 Å². The van der Waals surface area contributed by atoms with Gasteiger partial charge in [-0.15, -0.1) is 10.2 Å². The maximum atomic E-state index is 12.8. The number of aromatic carboxylic acids is 1. The smallest absolute Gasteiger partial charge is 0.338 e. The number of azo groups is 1. The fourth-order valence-corrected chi connectivity index (χ4v) is 3.44. The summed E-state index contributed by atoms with van der Waals surface area (Å²) in [5, 5.41) is 30.2. The Kier molecular flexibility index (Phi) is 7.09. The quantitative estimate of drug-likeness (QED) is 0.358. The molecule has 0 unspecified atom stereocenters. The maximum Gasteiger partial charge on any atom is 0.338 e. The number of benzene rings is 1. The van der Waals surface area contributed by atoms with E-state index in [4.69, 9.17) is 4.55 Å². The summed E-state index contributed by atoms with van der Waals surface area (Å²) in [4.78, 5) is 36.5. The number of nitrogens with one attached hydrogen (secondary N) is 1. The van der Waals surface area contributed by atoms with Gasteiger partial charge in [0.2, 0.25) is 5.88 Å². The lowest BCUT2D eigenvalue weighted by Crippen LogP contribution is -2.41. The van der Waals surface area contributed by atoms with Crippen molar-refractivity contribution in [3.05, 3.63) is 45.2 Å². The molecule has 2 rings (SSSR count). The van der Waals surface area contributed by atoms with Gasteiger partial charge in [-0.05, 0) is 52.8 Å². The van der Waals surface area contributed by atoms with E-state index in [0.717, 1.165) is 16.7 Å². The number of aromatic nitrogens is 1. The highest BCUT2D eigenvalue weighted by atomic mass is 32.2. The minimum atomic E-state index is -4.66. The second-order valence-corrected chi connectivity index (χ2v) is 9.51. The van der Waals surface area contributed by atoms with Crippen LogP contribution in [0.25, 0.3) is 0 Å². The Morgan fingerprint density at radius 2 is 1.79 bits per heavy atom. The minimum Gasteiger partial charge on any atom is -0.494 e. The van der Waals surface area contributed by atoms with Gasteiger partial charge in [0.1, 0.15) is 11.3 Å². The van der Waals surface area contributed by atoms with Gasteiger partial charge in [0.05, 0.1) is 10.5 Å². The minimum absolute atomic E-state index is 0.00664. The van der Waals surface area contributed by atoms with Crippen molar-refractivity contribution in [1.82, 2.24) is 9.88 Å². The third-order valence-corrected chi connectivity index (χ3v) is 5.29. The first-order valence-corrected chi connectivity index (χ1v) is 11.1. The molecular weight excluding hydrogens is 456 g/mol. The van der Waals surface area contributed by atoms with Crippen LogP contribution in [0.15, 0.2) is 38.1 Å². The van der Waals surface area contributed by atoms with Crippen molar-refractivity contribution < 1.29 is 32.8 Å². The van der Waals surface area contributed by atoms with Gasteiger partial charge in [0.15, 0.2) is 5.69 Å². The highest BCUT2D eigenvalue weighted by molar-refractivity contribution is 7.85. The molecule has 0 saturated heterocycles. The second kappa shape index (κ2) is 9.11. The molecule has 4 N–H and O–H groups in total. The molecule has 1 heterocycles. The molecule has 0 bridgehead atoms. The van der Waals surface area contributed by atoms with Crippen molar-refractivity contribution >= 4 is 33.4 Å². The molecule has 0 spiro atoms. The summed E-state index contributed by atoms with van der Waals surface area (Å²) in [6.07, 6.45) is 0. The fourth-order valence-electron chi connectivity index (χ4n) is 2.93. The number of hydrogen-bond donors (Lipinski definition) is 4. The molecule has 0 saturated carbocycles. The van der Waals surface area contributed by atoms with Gasteiger partial charge in [-0.3, -0.25) is 18.7 Å². The third kappa shape index (κ3) is 5.62. The van der Waals surface area contributed by atoms with E-state index in [0.29, 0.717) is 6.07 Å². The average molecular weight is 480 g/mol. The van der Waals surface area contributed by atoms with Crippen molar-refractivity contribution in [2.45, 2.75) is 51.6 Å². The predicted octanol–water partition coefficient (Wildman–Crippen LogP) is 2.77. The molecule has 0 atom stereocenters. The standard InChI is InChI=1S/C20H24N4O8S/c1-6-24-17(26)14(16(25)21-20(3,4)5)10(2)15(18(24)27)23-22-13-8-7-11(33(30,31)32)9-12(13)19(28)29/h7-9,26H,6H2,1-5H3,(H,21,25)(H,28,29)(H,30,31,32). The van der Waals surface area contributed by atoms with Crippen molar-refractivity contribution in [1.29, 1.82) is 0 Å². The molecule has 12 nitrogen and oxygen atoms in total. The van der Waals surface area contributed by atoms with E-state index in [9.17, 15) is 33.0 Å². The van der Waals surface area contributed by atoms with Crippen molar-refractivity contribution in [3.8, 4) is 5.88 Å². The molecule has 0 radical (unpaired) electrons. The van der Waals surface area contributed by atoms with Crippen LogP contribution in [0.5, 0.6) is 5.88 Å². The zero-order valence-electron chi connectivity index (χ0n) is 18.6. The molecule has 2 aromatic rings. The summed E-state index contributed by atoms with van der Waals surface area (Å²) < 4.78 is 32.6. The Hall–Kier alpha value is -3.58. The van der Waals surface area contributed by atoms with Crippen molar-refractivity contribution in [2.75, 3.05) is 0 Å². The van der Waals surface area contributed by atoms with Gasteiger partial charge in [-0.25, -0.2) is 4.79 Å². The average Bonchev–Trinajstić information content (AvgIpc) is 2.65. The molecule has 33 heavy (non-hydrogen) atoms. The number of aromatic hydroxyl groups is 1. The van der Waals surface area contributed by atoms with E-state index in [1.807, 2.05) is 0 Å². The Bertz CT molecular complexity index is 1320. The summed E-state index contributed by atoms with van der Waals surface area (Å²) in [6, 6.07) is 2.62. The van der Waals surface area contributed by atoms with Crippen LogP contribution in [0.4, 0.5) is 11.4 Å². The molecule has 1 aromatic heterocycles. The molecule has 1 aromatic carbocycles. The predicted molar refractivity (Wildman–Crippen MR) is 117 cm³/mol. The van der Waals surface area contributed by atoms with Crippen LogP contribution in [-0.2, 0) is 16.7 Å². The number of hydrogen-bond acceptors (Lipinski definition) is 8. The highest BCUT2D eigenvalue weighted by Crippen LogP contribution is 2.29. The zero-order valence-corrected chi connectivity index (χ0v) is 19.4. The summed E-state index contributed by atoms with van der Waals surface area (Å²) in [6.45, 7) is 8.16. The van der Waals surface area contributed by atoms with Crippen LogP contribution >= 0.6 is 0 Å². The van der Waals surface area contributed by atoms with Gasteiger partial charge < -0.3 is 15.5 Å². The van der Waals surface area contributed by atoms with E-state index in [1.165, 1.54) is 6.92 Å². The van der Waals surface area contributed by atoms with Crippen LogP contribution in [0, 0.1) is 6.92 Å². The van der Waals surface area contributed by atoms with E-state index < -0.39 is 49.4 Å². The number of nitrogens with zero attached hydrogens (tertiary/aromatic N) is 3. The van der Waals surface area contributed by atoms with Gasteiger partial charge in [-0.2, -0.15) is 8.42 Å². The largest absolute Gasteiger partial charge is 0.494 e. The van der Waals surface area contributed by atoms with E-state index >= 15 is 0 Å². The first-order chi connectivity index (χ1) is 15.1. The summed E-state index contributed by atoms with van der Waals surface area (Å²) in [5.41, 5.74) is -2.80. The molecular formula is C20H24N4O8S. The lowest BCUT2D eigenvalue weighted by Gasteiger charge is -2.22. The number of carbonyl (C=O) groups excluding carboxylic acids is 1. The monoisotopic (exact) mass is 480 g/mol. The summed E-state index contributed by atoms with van der Waals surface area (Å²) in [5.74, 6) is -2.75. The third-order valence-electron chi connectivity index (χ3n) is 4.44. The van der Waals surface area contributed by atoms with Crippen molar-refractivity contribution in [3.63, 3.8) is 0 Å². The van der Waals surface area contributed by atoms with E-state index in [-0.39, 0.29) is 29.0 Å². The lowest BCUT2D eigenvalue weighted by molar-refractivity contribution is 0.0697. The normalized spacial score (nSPS) is 12.2. The first-order valence-electron chi connectivity index (χ1n) is 9.64. The summed E-state index contributed by atoms with van der Waals surface area (Å²) in [7, 11) is -4.66. The SMILES string of the molecule is CCn1c(O)c(C(=O)NC(C)(C)C)c(C)c(N=Nc2ccc(S(=O)(=O)O)cc2C(=O)O)c1=O. The van der Waals surface area contributed by atoms with Crippen LogP contribution in [0.3, 0.4) is 0 Å². The molecule has 0 fully saturated rings. The molecule has 178 valence electrons. The number of carboxylic acids is 1. The van der Waals surface area contributed by atoms with Gasteiger partial charge in [0.25, 0.3) is 21.6 Å². The Morgan fingerprint density at radius 1 is 1.18 bits per heavy atom. The van der Waals surface area contributed by atoms with E-state index in [2.05, 4.69) is 15.5 Å². The molecule has 13 heteroatoms. The Labute approximate surface area is 189 Å². The number of pyridine rings is 1. The number of carbonyl (C=O) groups is 2. The zero-order chi connectivity index (χ0) is 25.3. The number of amides is 1. The Morgan fingerprint density at radius 3 is 2.27 bits per heavy atom. The van der Waals surface area contributed by atoms with Crippen LogP contribution in [-0.4, -0.2) is 45.2 Å². The molecule has 1 amide bonds. The number of carboxylic acid groups (broad SMARTS) is 1. The lowest BCUT2D eigenvalue weighted by atomic mass is 10.0. The summed E-state index contributed by atoms with van der Waals surface area (Å²) >= 11 is 0. The van der Waals surface area contributed by atoms with E-state index in [1.54, 1.807) is 27.7 Å². The van der Waals surface area contributed by atoms with Gasteiger partial charge >= 0.3 is 5.97 Å².